The van der Waals surface area contributed by atoms with Crippen LogP contribution in [0.2, 0.25) is 0 Å². The van der Waals surface area contributed by atoms with Crippen molar-refractivity contribution < 1.29 is 9.53 Å². The van der Waals surface area contributed by atoms with Gasteiger partial charge in [-0.05, 0) is 18.1 Å². The number of rotatable bonds is 1. The van der Waals surface area contributed by atoms with Gasteiger partial charge < -0.3 is 4.74 Å². The highest BCUT2D eigenvalue weighted by Gasteiger charge is 2.30. The maximum Gasteiger partial charge on any atom is 0.144 e. The van der Waals surface area contributed by atoms with E-state index in [9.17, 15) is 4.79 Å². The second kappa shape index (κ2) is 3.21. The lowest BCUT2D eigenvalue weighted by atomic mass is 10.0. The highest BCUT2D eigenvalue weighted by molar-refractivity contribution is 5.89. The summed E-state index contributed by atoms with van der Waals surface area (Å²) in [7, 11) is 1.65. The van der Waals surface area contributed by atoms with Crippen LogP contribution in [-0.2, 0) is 9.53 Å². The molecule has 0 radical (unpaired) electrons. The third-order valence-corrected chi connectivity index (χ3v) is 2.56. The second-order valence-corrected chi connectivity index (χ2v) is 3.28. The van der Waals surface area contributed by atoms with Crippen molar-refractivity contribution in [3.8, 4) is 0 Å². The van der Waals surface area contributed by atoms with E-state index in [1.165, 1.54) is 0 Å². The van der Waals surface area contributed by atoms with E-state index in [1.807, 2.05) is 24.3 Å². The van der Waals surface area contributed by atoms with Crippen molar-refractivity contribution in [2.45, 2.75) is 12.8 Å². The molecule has 0 spiro atoms. The van der Waals surface area contributed by atoms with Crippen LogP contribution in [0.4, 0.5) is 0 Å². The van der Waals surface area contributed by atoms with E-state index in [0.717, 1.165) is 17.8 Å². The molecular weight excluding hydrogens is 164 g/mol. The lowest BCUT2D eigenvalue weighted by molar-refractivity contribution is -0.119. The third-order valence-electron chi connectivity index (χ3n) is 2.56. The highest BCUT2D eigenvalue weighted by Crippen LogP contribution is 2.33. The second-order valence-electron chi connectivity index (χ2n) is 3.28. The standard InChI is InChI=1S/C11H12O2/c1-13-11-5-3-2-4-8-9(11)6-7-10(8)12/h2-5,8H,6-7H2,1H3. The van der Waals surface area contributed by atoms with Crippen LogP contribution in [-0.4, -0.2) is 12.9 Å². The first-order valence-corrected chi connectivity index (χ1v) is 4.47. The molecule has 13 heavy (non-hydrogen) atoms. The van der Waals surface area contributed by atoms with Gasteiger partial charge in [0.2, 0.25) is 0 Å². The molecule has 1 saturated carbocycles. The predicted octanol–water partition coefficient (Wildman–Crippen LogP) is 1.99. The molecule has 1 fully saturated rings. The van der Waals surface area contributed by atoms with Gasteiger partial charge >= 0.3 is 0 Å². The fourth-order valence-corrected chi connectivity index (χ4v) is 1.89. The number of allylic oxidation sites excluding steroid dienone is 5. The molecule has 0 saturated heterocycles. The van der Waals surface area contributed by atoms with Gasteiger partial charge in [-0.3, -0.25) is 4.79 Å². The van der Waals surface area contributed by atoms with E-state index < -0.39 is 0 Å². The zero-order valence-electron chi connectivity index (χ0n) is 7.62. The van der Waals surface area contributed by atoms with Gasteiger partial charge in [-0.15, -0.1) is 0 Å². The van der Waals surface area contributed by atoms with Gasteiger partial charge in [-0.25, -0.2) is 0 Å². The van der Waals surface area contributed by atoms with E-state index in [-0.39, 0.29) is 5.92 Å². The molecule has 0 heterocycles. The van der Waals surface area contributed by atoms with Crippen molar-refractivity contribution in [3.63, 3.8) is 0 Å². The van der Waals surface area contributed by atoms with E-state index >= 15 is 0 Å². The molecular formula is C11H12O2. The summed E-state index contributed by atoms with van der Waals surface area (Å²) in [5.41, 5.74) is 1.14. The summed E-state index contributed by atoms with van der Waals surface area (Å²) in [6, 6.07) is 0. The molecule has 0 aromatic rings. The molecule has 1 atom stereocenters. The Morgan fingerprint density at radius 2 is 2.23 bits per heavy atom. The molecule has 2 aliphatic carbocycles. The minimum Gasteiger partial charge on any atom is -0.497 e. The van der Waals surface area contributed by atoms with E-state index in [2.05, 4.69) is 0 Å². The number of ether oxygens (including phenoxy) is 1. The molecule has 0 N–H and O–H groups in total. The van der Waals surface area contributed by atoms with Gasteiger partial charge in [0, 0.05) is 6.42 Å². The van der Waals surface area contributed by atoms with Crippen molar-refractivity contribution in [1.29, 1.82) is 0 Å². The quantitative estimate of drug-likeness (QED) is 0.610. The molecule has 0 aromatic heterocycles. The predicted molar refractivity (Wildman–Crippen MR) is 50.0 cm³/mol. The Hall–Kier alpha value is -1.31. The van der Waals surface area contributed by atoms with Crippen LogP contribution in [0.15, 0.2) is 35.6 Å². The Kier molecular flexibility index (Phi) is 2.05. The normalized spacial score (nSPS) is 26.2. The number of carbonyl (C=O) groups is 1. The van der Waals surface area contributed by atoms with Crippen LogP contribution in [0.1, 0.15) is 12.8 Å². The zero-order valence-corrected chi connectivity index (χ0v) is 7.62. The topological polar surface area (TPSA) is 26.3 Å². The number of methoxy groups -OCH3 is 1. The van der Waals surface area contributed by atoms with Crippen LogP contribution in [0.3, 0.4) is 0 Å². The summed E-state index contributed by atoms with van der Waals surface area (Å²) >= 11 is 0. The Balaban J connectivity index is 2.43. The largest absolute Gasteiger partial charge is 0.497 e. The van der Waals surface area contributed by atoms with Crippen molar-refractivity contribution in [1.82, 2.24) is 0 Å². The number of ketones is 1. The van der Waals surface area contributed by atoms with E-state index in [0.29, 0.717) is 12.2 Å². The lowest BCUT2D eigenvalue weighted by Gasteiger charge is -2.08. The summed E-state index contributed by atoms with van der Waals surface area (Å²) in [6.07, 6.45) is 9.21. The minimum atomic E-state index is -0.0232. The Labute approximate surface area is 77.6 Å². The maximum atomic E-state index is 11.5. The number of carbonyl (C=O) groups excluding carboxylic acids is 1. The fourth-order valence-electron chi connectivity index (χ4n) is 1.89. The van der Waals surface area contributed by atoms with Gasteiger partial charge in [-0.1, -0.05) is 18.2 Å². The summed E-state index contributed by atoms with van der Waals surface area (Å²) < 4.78 is 5.23. The van der Waals surface area contributed by atoms with Crippen molar-refractivity contribution in [3.05, 3.63) is 35.6 Å². The van der Waals surface area contributed by atoms with E-state index in [4.69, 9.17) is 4.74 Å². The van der Waals surface area contributed by atoms with Gasteiger partial charge in [0.1, 0.15) is 11.5 Å². The molecule has 0 aromatic carbocycles. The first-order chi connectivity index (χ1) is 6.33. The van der Waals surface area contributed by atoms with Crippen molar-refractivity contribution in [2.24, 2.45) is 5.92 Å². The average molecular weight is 176 g/mol. The van der Waals surface area contributed by atoms with Crippen molar-refractivity contribution >= 4 is 5.78 Å². The average Bonchev–Trinajstić information content (AvgIpc) is 2.39. The Bertz CT molecular complexity index is 321. The summed E-state index contributed by atoms with van der Waals surface area (Å²) in [4.78, 5) is 11.5. The number of Topliss-reactive ketones (excluding diaryl/α,β-unsaturated/α-hetero) is 1. The number of fused-ring (bicyclic) bond motifs is 1. The Morgan fingerprint density at radius 1 is 1.38 bits per heavy atom. The molecule has 68 valence electrons. The van der Waals surface area contributed by atoms with Gasteiger partial charge in [0.15, 0.2) is 0 Å². The summed E-state index contributed by atoms with van der Waals surface area (Å²) in [6.45, 7) is 0. The maximum absolute atomic E-state index is 11.5. The number of hydrogen-bond donors (Lipinski definition) is 0. The highest BCUT2D eigenvalue weighted by atomic mass is 16.5. The minimum absolute atomic E-state index is 0.0232. The molecule has 2 heteroatoms. The van der Waals surface area contributed by atoms with Gasteiger partial charge in [0.25, 0.3) is 0 Å². The molecule has 0 amide bonds. The lowest BCUT2D eigenvalue weighted by Crippen LogP contribution is -2.05. The van der Waals surface area contributed by atoms with Crippen molar-refractivity contribution in [2.75, 3.05) is 7.11 Å². The Morgan fingerprint density at radius 3 is 3.00 bits per heavy atom. The molecule has 0 aliphatic heterocycles. The first kappa shape index (κ1) is 8.30. The molecule has 2 rings (SSSR count). The fraction of sp³-hybridized carbons (Fsp3) is 0.364. The van der Waals surface area contributed by atoms with Crippen LogP contribution >= 0.6 is 0 Å². The van der Waals surface area contributed by atoms with Crippen LogP contribution in [0.25, 0.3) is 0 Å². The SMILES string of the molecule is COC1=C2CCC(=O)C2C=CC=C1. The molecule has 2 aliphatic rings. The van der Waals surface area contributed by atoms with Crippen LogP contribution in [0, 0.1) is 5.92 Å². The monoisotopic (exact) mass is 176 g/mol. The van der Waals surface area contributed by atoms with Crippen LogP contribution < -0.4 is 0 Å². The molecule has 1 unspecified atom stereocenters. The van der Waals surface area contributed by atoms with Gasteiger partial charge in [0.05, 0.1) is 13.0 Å². The van der Waals surface area contributed by atoms with Crippen LogP contribution in [0.5, 0.6) is 0 Å². The summed E-state index contributed by atoms with van der Waals surface area (Å²) in [5.74, 6) is 1.15. The summed E-state index contributed by atoms with van der Waals surface area (Å²) in [5, 5.41) is 0. The third kappa shape index (κ3) is 1.32. The number of hydrogen-bond acceptors (Lipinski definition) is 2. The first-order valence-electron chi connectivity index (χ1n) is 4.47. The zero-order chi connectivity index (χ0) is 9.26. The molecule has 0 bridgehead atoms. The molecule has 2 nitrogen and oxygen atoms in total. The van der Waals surface area contributed by atoms with Gasteiger partial charge in [-0.2, -0.15) is 0 Å². The smallest absolute Gasteiger partial charge is 0.144 e. The van der Waals surface area contributed by atoms with E-state index in [1.54, 1.807) is 7.11 Å².